The highest BCUT2D eigenvalue weighted by Gasteiger charge is 2.13. The second-order valence-corrected chi connectivity index (χ2v) is 7.50. The maximum atomic E-state index is 11.2. The van der Waals surface area contributed by atoms with Gasteiger partial charge in [0.15, 0.2) is 0 Å². The van der Waals surface area contributed by atoms with Crippen LogP contribution in [-0.2, 0) is 13.1 Å². The van der Waals surface area contributed by atoms with Gasteiger partial charge < -0.3 is 19.7 Å². The zero-order valence-electron chi connectivity index (χ0n) is 15.4. The fraction of sp³-hybridized carbons (Fsp3) is 0.136. The van der Waals surface area contributed by atoms with Crippen LogP contribution in [0.1, 0.15) is 20.8 Å². The van der Waals surface area contributed by atoms with Crippen molar-refractivity contribution < 1.29 is 14.6 Å². The van der Waals surface area contributed by atoms with Crippen LogP contribution < -0.4 is 10.1 Å². The van der Waals surface area contributed by atoms with Gasteiger partial charge in [0.1, 0.15) is 15.6 Å². The van der Waals surface area contributed by atoms with Crippen molar-refractivity contribution in [3.63, 3.8) is 0 Å². The molecule has 0 aliphatic heterocycles. The topological polar surface area (TPSA) is 63.5 Å². The van der Waals surface area contributed by atoms with Crippen LogP contribution in [0.3, 0.4) is 0 Å². The van der Waals surface area contributed by atoms with Crippen LogP contribution in [0.25, 0.3) is 15.9 Å². The molecule has 0 fully saturated rings. The minimum Gasteiger partial charge on any atom is -0.497 e. The molecular weight excluding hydrogens is 372 g/mol. The van der Waals surface area contributed by atoms with Gasteiger partial charge >= 0.3 is 5.97 Å². The second kappa shape index (κ2) is 7.88. The smallest absolute Gasteiger partial charge is 0.345 e. The molecule has 28 heavy (non-hydrogen) atoms. The first-order chi connectivity index (χ1) is 13.7. The Morgan fingerprint density at radius 3 is 2.75 bits per heavy atom. The van der Waals surface area contributed by atoms with E-state index >= 15 is 0 Å². The lowest BCUT2D eigenvalue weighted by atomic mass is 10.1. The third-order valence-corrected chi connectivity index (χ3v) is 5.69. The molecule has 5 nitrogen and oxygen atoms in total. The number of rotatable bonds is 7. The number of ether oxygens (including phenoxy) is 1. The van der Waals surface area contributed by atoms with Gasteiger partial charge in [-0.05, 0) is 41.5 Å². The highest BCUT2D eigenvalue weighted by atomic mass is 32.1. The minimum absolute atomic E-state index is 0.338. The number of carboxylic acid groups (broad SMARTS) is 1. The largest absolute Gasteiger partial charge is 0.497 e. The quantitative estimate of drug-likeness (QED) is 0.479. The maximum Gasteiger partial charge on any atom is 0.345 e. The van der Waals surface area contributed by atoms with Gasteiger partial charge in [0.05, 0.1) is 12.6 Å². The van der Waals surface area contributed by atoms with Gasteiger partial charge in [-0.2, -0.15) is 0 Å². The van der Waals surface area contributed by atoms with Crippen LogP contribution in [0.5, 0.6) is 5.75 Å². The van der Waals surface area contributed by atoms with Crippen molar-refractivity contribution in [1.29, 1.82) is 0 Å². The number of hydrogen-bond donors (Lipinski definition) is 2. The molecule has 0 amide bonds. The van der Waals surface area contributed by atoms with E-state index in [1.807, 2.05) is 36.4 Å². The summed E-state index contributed by atoms with van der Waals surface area (Å²) in [7, 11) is 1.67. The second-order valence-electron chi connectivity index (χ2n) is 6.44. The molecular formula is C22H20N2O3S. The third-order valence-electron chi connectivity index (χ3n) is 4.61. The number of methoxy groups -OCH3 is 1. The molecule has 0 aliphatic rings. The average Bonchev–Trinajstić information content (AvgIpc) is 3.34. The Labute approximate surface area is 166 Å². The Morgan fingerprint density at radius 2 is 1.96 bits per heavy atom. The van der Waals surface area contributed by atoms with Gasteiger partial charge in [-0.1, -0.05) is 30.3 Å². The number of aromatic carboxylic acids is 1. The number of para-hydroxylation sites is 1. The van der Waals surface area contributed by atoms with Gasteiger partial charge in [-0.25, -0.2) is 4.79 Å². The first-order valence-corrected chi connectivity index (χ1v) is 9.73. The van der Waals surface area contributed by atoms with E-state index in [0.29, 0.717) is 11.4 Å². The number of fused-ring (bicyclic) bond motifs is 1. The van der Waals surface area contributed by atoms with E-state index < -0.39 is 5.97 Å². The highest BCUT2D eigenvalue weighted by molar-refractivity contribution is 7.16. The van der Waals surface area contributed by atoms with Crippen molar-refractivity contribution in [3.05, 3.63) is 82.9 Å². The summed E-state index contributed by atoms with van der Waals surface area (Å²) in [6.07, 6.45) is 2.08. The summed E-state index contributed by atoms with van der Waals surface area (Å²) in [5.74, 6) is -0.0456. The van der Waals surface area contributed by atoms with Gasteiger partial charge in [0.2, 0.25) is 0 Å². The molecule has 2 heterocycles. The number of hydrogen-bond acceptors (Lipinski definition) is 4. The molecule has 0 saturated heterocycles. The monoisotopic (exact) mass is 392 g/mol. The first kappa shape index (κ1) is 18.3. The van der Waals surface area contributed by atoms with Crippen LogP contribution >= 0.6 is 11.3 Å². The third kappa shape index (κ3) is 3.65. The summed E-state index contributed by atoms with van der Waals surface area (Å²) >= 11 is 1.28. The Morgan fingerprint density at radius 1 is 1.11 bits per heavy atom. The predicted molar refractivity (Wildman–Crippen MR) is 112 cm³/mol. The number of aromatic nitrogens is 1. The van der Waals surface area contributed by atoms with Crippen molar-refractivity contribution in [2.75, 3.05) is 7.11 Å². The number of nitrogens with one attached hydrogen (secondary N) is 1. The van der Waals surface area contributed by atoms with Crippen molar-refractivity contribution in [3.8, 4) is 10.8 Å². The van der Waals surface area contributed by atoms with Gasteiger partial charge in [-0.3, -0.25) is 0 Å². The van der Waals surface area contributed by atoms with E-state index in [1.54, 1.807) is 13.2 Å². The predicted octanol–water partition coefficient (Wildman–Crippen LogP) is 4.69. The normalized spacial score (nSPS) is 11.0. The molecule has 2 N–H and O–H groups in total. The highest BCUT2D eigenvalue weighted by Crippen LogP contribution is 2.29. The molecule has 0 saturated carbocycles. The molecule has 2 aromatic heterocycles. The molecule has 0 aliphatic carbocycles. The summed E-state index contributed by atoms with van der Waals surface area (Å²) in [6, 6.07) is 19.7. The van der Waals surface area contributed by atoms with Gasteiger partial charge in [0.25, 0.3) is 0 Å². The van der Waals surface area contributed by atoms with Crippen LogP contribution in [0.15, 0.2) is 66.9 Å². The van der Waals surface area contributed by atoms with Crippen molar-refractivity contribution in [2.45, 2.75) is 13.1 Å². The Bertz CT molecular complexity index is 1130. The zero-order valence-corrected chi connectivity index (χ0v) is 16.2. The Balaban J connectivity index is 1.58. The van der Waals surface area contributed by atoms with E-state index in [0.717, 1.165) is 33.8 Å². The molecule has 0 atom stereocenters. The molecule has 4 rings (SSSR count). The summed E-state index contributed by atoms with van der Waals surface area (Å²) in [4.78, 5) is 11.6. The number of thiophene rings is 1. The average molecular weight is 392 g/mol. The maximum absolute atomic E-state index is 11.2. The van der Waals surface area contributed by atoms with E-state index in [4.69, 9.17) is 4.74 Å². The molecule has 0 radical (unpaired) electrons. The number of nitrogens with zero attached hydrogens (tertiary/aromatic N) is 1. The van der Waals surface area contributed by atoms with Crippen LogP contribution in [-0.4, -0.2) is 22.8 Å². The molecule has 6 heteroatoms. The van der Waals surface area contributed by atoms with E-state index in [1.165, 1.54) is 16.9 Å². The van der Waals surface area contributed by atoms with Crippen LogP contribution in [0.2, 0.25) is 0 Å². The minimum atomic E-state index is -0.895. The summed E-state index contributed by atoms with van der Waals surface area (Å²) in [5, 5.41) is 14.8. The van der Waals surface area contributed by atoms with Gasteiger partial charge in [0, 0.05) is 24.7 Å². The van der Waals surface area contributed by atoms with Crippen molar-refractivity contribution in [2.24, 2.45) is 0 Å². The molecule has 0 unspecified atom stereocenters. The zero-order chi connectivity index (χ0) is 19.5. The van der Waals surface area contributed by atoms with Crippen LogP contribution in [0.4, 0.5) is 0 Å². The van der Waals surface area contributed by atoms with E-state index in [-0.39, 0.29) is 0 Å². The van der Waals surface area contributed by atoms with Crippen molar-refractivity contribution >= 4 is 28.2 Å². The number of benzene rings is 2. The lowest BCUT2D eigenvalue weighted by molar-refractivity contribution is 0.0702. The molecule has 0 spiro atoms. The Kier molecular flexibility index (Phi) is 5.14. The SMILES string of the molecule is COc1cccc(CNCc2cn(-c3ccc(C(=O)O)s3)c3ccccc23)c1. The summed E-state index contributed by atoms with van der Waals surface area (Å²) in [5.41, 5.74) is 3.40. The molecule has 142 valence electrons. The molecule has 4 aromatic rings. The molecule has 0 bridgehead atoms. The fourth-order valence-electron chi connectivity index (χ4n) is 3.27. The number of carbonyl (C=O) groups is 1. The standard InChI is InChI=1S/C22H20N2O3S/c1-27-17-6-4-5-15(11-17)12-23-13-16-14-24(19-8-3-2-7-18(16)19)21-10-9-20(28-21)22(25)26/h2-11,14,23H,12-13H2,1H3,(H,25,26). The lowest BCUT2D eigenvalue weighted by Gasteiger charge is -2.06. The van der Waals surface area contributed by atoms with Crippen molar-refractivity contribution in [1.82, 2.24) is 9.88 Å². The van der Waals surface area contributed by atoms with Gasteiger partial charge in [-0.15, -0.1) is 11.3 Å². The summed E-state index contributed by atoms with van der Waals surface area (Å²) < 4.78 is 7.34. The van der Waals surface area contributed by atoms with E-state index in [9.17, 15) is 9.90 Å². The lowest BCUT2D eigenvalue weighted by Crippen LogP contribution is -2.12. The fourth-order valence-corrected chi connectivity index (χ4v) is 4.10. The Hall–Kier alpha value is -3.09. The molecule has 2 aromatic carbocycles. The van der Waals surface area contributed by atoms with Crippen LogP contribution in [0, 0.1) is 0 Å². The number of carboxylic acids is 1. The van der Waals surface area contributed by atoms with E-state index in [2.05, 4.69) is 34.3 Å². The summed E-state index contributed by atoms with van der Waals surface area (Å²) in [6.45, 7) is 1.45. The first-order valence-electron chi connectivity index (χ1n) is 8.92.